The summed E-state index contributed by atoms with van der Waals surface area (Å²) >= 11 is 0. The maximum absolute atomic E-state index is 12.7. The lowest BCUT2D eigenvalue weighted by atomic mass is 9.72. The Morgan fingerprint density at radius 1 is 1.33 bits per heavy atom. The van der Waals surface area contributed by atoms with Gasteiger partial charge < -0.3 is 11.1 Å². The van der Waals surface area contributed by atoms with E-state index in [0.29, 0.717) is 18.5 Å². The maximum Gasteiger partial charge on any atom is 0.248 e. The number of nitrogens with one attached hydrogen (secondary N) is 1. The van der Waals surface area contributed by atoms with E-state index in [1.165, 1.54) is 0 Å². The predicted octanol–water partition coefficient (Wildman–Crippen LogP) is 1.57. The zero-order valence-corrected chi connectivity index (χ0v) is 13.3. The molecule has 0 bridgehead atoms. The smallest absolute Gasteiger partial charge is 0.248 e. The number of nitrogens with two attached hydrogens (primary N) is 1. The van der Waals surface area contributed by atoms with Crippen molar-refractivity contribution >= 4 is 11.8 Å². The normalized spacial score (nSPS) is 24.8. The summed E-state index contributed by atoms with van der Waals surface area (Å²) in [7, 11) is 0. The third kappa shape index (κ3) is 2.12. The standard InChI is InChI=1S/C19H19N3O2/c20-17(23)14-5-1-4-13-15(14)10-19(6-8-22-18(19)24)16(13)9-12-3-2-7-21-11-12/h1-5,7,11,16H,6,8-10H2,(H2,20,23)(H,22,24). The molecule has 122 valence electrons. The third-order valence-corrected chi connectivity index (χ3v) is 5.48. The van der Waals surface area contributed by atoms with Gasteiger partial charge in [-0.3, -0.25) is 14.6 Å². The number of hydrogen-bond acceptors (Lipinski definition) is 3. The molecule has 2 atom stereocenters. The number of carbonyl (C=O) groups excluding carboxylic acids is 2. The molecule has 1 spiro atoms. The van der Waals surface area contributed by atoms with E-state index in [-0.39, 0.29) is 11.8 Å². The average Bonchev–Trinajstić information content (AvgIpc) is 3.10. The minimum atomic E-state index is -0.482. The Bertz CT molecular complexity index is 819. The second kappa shape index (κ2) is 5.44. The van der Waals surface area contributed by atoms with Crippen LogP contribution >= 0.6 is 0 Å². The zero-order chi connectivity index (χ0) is 16.7. The Morgan fingerprint density at radius 2 is 2.21 bits per heavy atom. The van der Waals surface area contributed by atoms with Gasteiger partial charge in [0, 0.05) is 30.4 Å². The quantitative estimate of drug-likeness (QED) is 0.900. The van der Waals surface area contributed by atoms with Crippen molar-refractivity contribution in [3.63, 3.8) is 0 Å². The highest BCUT2D eigenvalue weighted by molar-refractivity contribution is 5.96. The van der Waals surface area contributed by atoms with Crippen molar-refractivity contribution in [3.8, 4) is 0 Å². The highest BCUT2D eigenvalue weighted by atomic mass is 16.2. The predicted molar refractivity (Wildman–Crippen MR) is 89.4 cm³/mol. The van der Waals surface area contributed by atoms with Gasteiger partial charge in [-0.2, -0.15) is 0 Å². The minimum Gasteiger partial charge on any atom is -0.366 e. The van der Waals surface area contributed by atoms with Crippen LogP contribution in [0.2, 0.25) is 0 Å². The van der Waals surface area contributed by atoms with Gasteiger partial charge in [0.15, 0.2) is 0 Å². The second-order valence-electron chi connectivity index (χ2n) is 6.69. The molecule has 1 aromatic heterocycles. The van der Waals surface area contributed by atoms with Crippen molar-refractivity contribution in [3.05, 3.63) is 65.0 Å². The van der Waals surface area contributed by atoms with Crippen LogP contribution in [0.25, 0.3) is 0 Å². The van der Waals surface area contributed by atoms with Gasteiger partial charge in [0.2, 0.25) is 11.8 Å². The molecule has 1 aromatic carbocycles. The van der Waals surface area contributed by atoms with Gasteiger partial charge in [0.1, 0.15) is 0 Å². The SMILES string of the molecule is NC(=O)c1cccc2c1CC1(CCNC1=O)C2Cc1cccnc1. The molecule has 1 aliphatic carbocycles. The van der Waals surface area contributed by atoms with Gasteiger partial charge in [-0.1, -0.05) is 18.2 Å². The first-order valence-corrected chi connectivity index (χ1v) is 8.20. The number of hydrogen-bond donors (Lipinski definition) is 2. The molecule has 1 saturated heterocycles. The van der Waals surface area contributed by atoms with E-state index in [4.69, 9.17) is 5.73 Å². The fourth-order valence-electron chi connectivity index (χ4n) is 4.35. The van der Waals surface area contributed by atoms with Crippen LogP contribution in [0.4, 0.5) is 0 Å². The minimum absolute atomic E-state index is 0.0403. The van der Waals surface area contributed by atoms with Crippen molar-refractivity contribution in [2.75, 3.05) is 6.54 Å². The molecule has 5 heteroatoms. The summed E-state index contributed by atoms with van der Waals surface area (Å²) in [6.07, 6.45) is 5.68. The Hall–Kier alpha value is -2.69. The van der Waals surface area contributed by atoms with E-state index in [1.807, 2.05) is 30.5 Å². The van der Waals surface area contributed by atoms with Crippen molar-refractivity contribution in [2.24, 2.45) is 11.1 Å². The van der Waals surface area contributed by atoms with Gasteiger partial charge >= 0.3 is 0 Å². The average molecular weight is 321 g/mol. The Balaban J connectivity index is 1.83. The fraction of sp³-hybridized carbons (Fsp3) is 0.316. The van der Waals surface area contributed by atoms with E-state index >= 15 is 0 Å². The van der Waals surface area contributed by atoms with Crippen LogP contribution in [0, 0.1) is 5.41 Å². The summed E-state index contributed by atoms with van der Waals surface area (Å²) < 4.78 is 0. The molecular formula is C19H19N3O2. The summed E-state index contributed by atoms with van der Waals surface area (Å²) in [5, 5.41) is 2.98. The summed E-state index contributed by atoms with van der Waals surface area (Å²) in [4.78, 5) is 28.7. The summed E-state index contributed by atoms with van der Waals surface area (Å²) in [5.74, 6) is -0.302. The number of pyridine rings is 1. The number of rotatable bonds is 3. The number of primary amides is 1. The lowest BCUT2D eigenvalue weighted by molar-refractivity contribution is -0.128. The summed E-state index contributed by atoms with van der Waals surface area (Å²) in [6, 6.07) is 9.59. The number of amides is 2. The number of benzene rings is 1. The van der Waals surface area contributed by atoms with Gasteiger partial charge in [-0.15, -0.1) is 0 Å². The van der Waals surface area contributed by atoms with Crippen LogP contribution in [0.3, 0.4) is 0 Å². The van der Waals surface area contributed by atoms with Crippen LogP contribution < -0.4 is 11.1 Å². The van der Waals surface area contributed by atoms with E-state index < -0.39 is 11.3 Å². The van der Waals surface area contributed by atoms with Gasteiger partial charge in [-0.25, -0.2) is 0 Å². The van der Waals surface area contributed by atoms with Crippen molar-refractivity contribution in [2.45, 2.75) is 25.2 Å². The third-order valence-electron chi connectivity index (χ3n) is 5.48. The van der Waals surface area contributed by atoms with E-state index in [0.717, 1.165) is 29.5 Å². The monoisotopic (exact) mass is 321 g/mol. The number of carbonyl (C=O) groups is 2. The molecular weight excluding hydrogens is 302 g/mol. The molecule has 3 N–H and O–H groups in total. The molecule has 2 aromatic rings. The lowest BCUT2D eigenvalue weighted by Gasteiger charge is -2.29. The van der Waals surface area contributed by atoms with E-state index in [9.17, 15) is 9.59 Å². The largest absolute Gasteiger partial charge is 0.366 e. The first kappa shape index (κ1) is 14.9. The molecule has 0 saturated carbocycles. The maximum atomic E-state index is 12.7. The number of nitrogens with zero attached hydrogens (tertiary/aromatic N) is 1. The second-order valence-corrected chi connectivity index (χ2v) is 6.69. The highest BCUT2D eigenvalue weighted by Gasteiger charge is 2.54. The topological polar surface area (TPSA) is 85.1 Å². The molecule has 0 radical (unpaired) electrons. The number of fused-ring (bicyclic) bond motifs is 1. The van der Waals surface area contributed by atoms with Crippen molar-refractivity contribution in [1.82, 2.24) is 10.3 Å². The summed E-state index contributed by atoms with van der Waals surface area (Å²) in [5.41, 5.74) is 8.73. The van der Waals surface area contributed by atoms with E-state index in [1.54, 1.807) is 12.3 Å². The molecule has 5 nitrogen and oxygen atoms in total. The number of aromatic nitrogens is 1. The Kier molecular flexibility index (Phi) is 3.37. The Morgan fingerprint density at radius 3 is 2.88 bits per heavy atom. The van der Waals surface area contributed by atoms with Crippen LogP contribution in [0.5, 0.6) is 0 Å². The molecule has 1 aliphatic heterocycles. The zero-order valence-electron chi connectivity index (χ0n) is 13.3. The summed E-state index contributed by atoms with van der Waals surface area (Å²) in [6.45, 7) is 0.683. The lowest BCUT2D eigenvalue weighted by Crippen LogP contribution is -2.36. The van der Waals surface area contributed by atoms with Crippen LogP contribution in [-0.4, -0.2) is 23.3 Å². The van der Waals surface area contributed by atoms with Crippen LogP contribution in [-0.2, 0) is 17.6 Å². The first-order valence-electron chi connectivity index (χ1n) is 8.20. The molecule has 2 amide bonds. The van der Waals surface area contributed by atoms with Gasteiger partial charge in [-0.05, 0) is 48.1 Å². The van der Waals surface area contributed by atoms with Crippen molar-refractivity contribution < 1.29 is 9.59 Å². The van der Waals surface area contributed by atoms with Crippen LogP contribution in [0.15, 0.2) is 42.7 Å². The van der Waals surface area contributed by atoms with Gasteiger partial charge in [0.05, 0.1) is 5.41 Å². The molecule has 4 rings (SSSR count). The molecule has 1 fully saturated rings. The Labute approximate surface area is 140 Å². The molecule has 24 heavy (non-hydrogen) atoms. The fourth-order valence-corrected chi connectivity index (χ4v) is 4.35. The highest BCUT2D eigenvalue weighted by Crippen LogP contribution is 2.53. The first-order chi connectivity index (χ1) is 11.6. The molecule has 2 unspecified atom stereocenters. The van der Waals surface area contributed by atoms with Gasteiger partial charge in [0.25, 0.3) is 0 Å². The van der Waals surface area contributed by atoms with Crippen molar-refractivity contribution in [1.29, 1.82) is 0 Å². The van der Waals surface area contributed by atoms with E-state index in [2.05, 4.69) is 10.3 Å². The van der Waals surface area contributed by atoms with Crippen LogP contribution in [0.1, 0.15) is 39.4 Å². The molecule has 2 heterocycles. The molecule has 2 aliphatic rings.